The van der Waals surface area contributed by atoms with Crippen LogP contribution in [0.1, 0.15) is 40.2 Å². The van der Waals surface area contributed by atoms with Gasteiger partial charge in [0.2, 0.25) is 5.88 Å². The predicted molar refractivity (Wildman–Crippen MR) is 128 cm³/mol. The Hall–Kier alpha value is -1.82. The summed E-state index contributed by atoms with van der Waals surface area (Å²) in [4.78, 5) is 4.38. The molecule has 1 aromatic heterocycles. The van der Waals surface area contributed by atoms with Crippen LogP contribution < -0.4 is 9.47 Å². The van der Waals surface area contributed by atoms with Crippen molar-refractivity contribution in [2.24, 2.45) is 5.92 Å². The summed E-state index contributed by atoms with van der Waals surface area (Å²) in [6.45, 7) is 16.8. The predicted octanol–water partition coefficient (Wildman–Crippen LogP) is 7.60. The van der Waals surface area contributed by atoms with Gasteiger partial charge >= 0.3 is 0 Å². The van der Waals surface area contributed by atoms with Gasteiger partial charge in [-0.05, 0) is 54.7 Å². The highest BCUT2D eigenvalue weighted by Crippen LogP contribution is 2.37. The first-order chi connectivity index (χ1) is 14.0. The number of aromatic nitrogens is 1. The van der Waals surface area contributed by atoms with E-state index in [9.17, 15) is 0 Å². The lowest BCUT2D eigenvalue weighted by atomic mass is 10.1. The summed E-state index contributed by atoms with van der Waals surface area (Å²) in [7, 11) is -1.72. The van der Waals surface area contributed by atoms with Crippen molar-refractivity contribution in [3.63, 3.8) is 0 Å². The lowest BCUT2D eigenvalue weighted by Crippen LogP contribution is -2.41. The number of hydrogen-bond acceptors (Lipinski definition) is 4. The zero-order chi connectivity index (χ0) is 22.4. The molecule has 1 unspecified atom stereocenters. The van der Waals surface area contributed by atoms with Gasteiger partial charge in [0.1, 0.15) is 11.5 Å². The van der Waals surface area contributed by atoms with Crippen LogP contribution in [0.15, 0.2) is 42.6 Å². The third-order valence-electron chi connectivity index (χ3n) is 5.32. The zero-order valence-electron chi connectivity index (χ0n) is 19.2. The molecule has 0 saturated carbocycles. The number of rotatable bonds is 9. The molecule has 0 fully saturated rings. The van der Waals surface area contributed by atoms with E-state index in [0.29, 0.717) is 29.2 Å². The smallest absolute Gasteiger partial charge is 0.219 e. The maximum Gasteiger partial charge on any atom is 0.219 e. The van der Waals surface area contributed by atoms with Crippen molar-refractivity contribution in [3.05, 3.63) is 53.2 Å². The maximum absolute atomic E-state index is 6.30. The first-order valence-electron chi connectivity index (χ1n) is 10.4. The Labute approximate surface area is 187 Å². The minimum Gasteiger partial charge on any atom is -0.494 e. The van der Waals surface area contributed by atoms with Gasteiger partial charge in [0.15, 0.2) is 8.32 Å². The first-order valence-corrected chi connectivity index (χ1v) is 13.7. The fourth-order valence-electron chi connectivity index (χ4n) is 2.37. The normalized spacial score (nSPS) is 13.5. The summed E-state index contributed by atoms with van der Waals surface area (Å²) in [5, 5.41) is 0.713. The second-order valence-electron chi connectivity index (χ2n) is 8.96. The van der Waals surface area contributed by atoms with Gasteiger partial charge in [-0.3, -0.25) is 0 Å². The molecule has 164 valence electrons. The minimum atomic E-state index is -1.72. The van der Waals surface area contributed by atoms with Crippen molar-refractivity contribution in [2.75, 3.05) is 13.2 Å². The second-order valence-corrected chi connectivity index (χ2v) is 14.2. The molecule has 0 radical (unpaired) electrons. The first kappa shape index (κ1) is 24.4. The Morgan fingerprint density at radius 1 is 1.17 bits per heavy atom. The average Bonchev–Trinajstić information content (AvgIpc) is 2.67. The molecule has 0 saturated heterocycles. The fraction of sp³-hybridized carbons (Fsp3) is 0.458. The van der Waals surface area contributed by atoms with E-state index in [1.807, 2.05) is 25.1 Å². The standard InChI is InChI=1S/C24H34ClNO3Si/c1-8-27-20-12-13-22(21(25)15-20)29-23-14-11-19(16-26-23)10-9-18(2)17-28-30(6,7)24(3,4)5/h9-16,18H,8,17H2,1-7H3/b10-9+. The van der Waals surface area contributed by atoms with Crippen molar-refractivity contribution in [1.29, 1.82) is 0 Å². The van der Waals surface area contributed by atoms with E-state index < -0.39 is 8.32 Å². The summed E-state index contributed by atoms with van der Waals surface area (Å²) in [5.74, 6) is 2.09. The summed E-state index contributed by atoms with van der Waals surface area (Å²) >= 11 is 6.27. The minimum absolute atomic E-state index is 0.225. The van der Waals surface area contributed by atoms with Crippen LogP contribution in [0.5, 0.6) is 17.4 Å². The quantitative estimate of drug-likeness (QED) is 0.371. The Balaban J connectivity index is 1.93. The van der Waals surface area contributed by atoms with Gasteiger partial charge in [-0.2, -0.15) is 0 Å². The molecule has 1 aromatic carbocycles. The molecule has 6 heteroatoms. The molecule has 0 aliphatic carbocycles. The van der Waals surface area contributed by atoms with Crippen molar-refractivity contribution in [2.45, 2.75) is 52.8 Å². The Morgan fingerprint density at radius 3 is 2.47 bits per heavy atom. The van der Waals surface area contributed by atoms with Gasteiger partial charge in [-0.1, -0.05) is 51.4 Å². The van der Waals surface area contributed by atoms with Crippen molar-refractivity contribution < 1.29 is 13.9 Å². The van der Waals surface area contributed by atoms with E-state index in [1.165, 1.54) is 0 Å². The molecule has 0 N–H and O–H groups in total. The molecule has 2 aromatic rings. The highest BCUT2D eigenvalue weighted by Gasteiger charge is 2.37. The summed E-state index contributed by atoms with van der Waals surface area (Å²) < 4.78 is 17.5. The third-order valence-corrected chi connectivity index (χ3v) is 10.1. The largest absolute Gasteiger partial charge is 0.494 e. The molecule has 1 heterocycles. The van der Waals surface area contributed by atoms with Gasteiger partial charge in [0.05, 0.1) is 11.6 Å². The molecular formula is C24H34ClNO3Si. The molecule has 0 bridgehead atoms. The topological polar surface area (TPSA) is 40.6 Å². The Morgan fingerprint density at radius 2 is 1.90 bits per heavy atom. The van der Waals surface area contributed by atoms with Gasteiger partial charge in [-0.15, -0.1) is 0 Å². The number of halogens is 1. The van der Waals surface area contributed by atoms with Crippen LogP contribution in [-0.2, 0) is 4.43 Å². The maximum atomic E-state index is 6.30. The highest BCUT2D eigenvalue weighted by atomic mass is 35.5. The van der Waals surface area contributed by atoms with Gasteiger partial charge < -0.3 is 13.9 Å². The second kappa shape index (κ2) is 10.5. The monoisotopic (exact) mass is 447 g/mol. The van der Waals surface area contributed by atoms with Crippen molar-refractivity contribution >= 4 is 26.0 Å². The van der Waals surface area contributed by atoms with E-state index in [4.69, 9.17) is 25.5 Å². The molecule has 4 nitrogen and oxygen atoms in total. The summed E-state index contributed by atoms with van der Waals surface area (Å²) in [6, 6.07) is 9.17. The summed E-state index contributed by atoms with van der Waals surface area (Å²) in [6.07, 6.45) is 6.02. The molecule has 0 aliphatic heterocycles. The Kier molecular flexibility index (Phi) is 8.53. The molecule has 0 spiro atoms. The number of hydrogen-bond donors (Lipinski definition) is 0. The van der Waals surface area contributed by atoms with Gasteiger partial charge in [-0.25, -0.2) is 4.98 Å². The molecule has 2 rings (SSSR count). The number of ether oxygens (including phenoxy) is 2. The average molecular weight is 448 g/mol. The van der Waals surface area contributed by atoms with Crippen molar-refractivity contribution in [1.82, 2.24) is 4.98 Å². The highest BCUT2D eigenvalue weighted by molar-refractivity contribution is 6.74. The van der Waals surface area contributed by atoms with Crippen LogP contribution >= 0.6 is 11.6 Å². The SMILES string of the molecule is CCOc1ccc(Oc2ccc(/C=C/C(C)CO[Si](C)(C)C(C)(C)C)cn2)c(Cl)c1. The van der Waals surface area contributed by atoms with Crippen LogP contribution in [0.2, 0.25) is 23.2 Å². The van der Waals surface area contributed by atoms with E-state index in [2.05, 4.69) is 57.9 Å². The van der Waals surface area contributed by atoms with Crippen LogP contribution in [0.3, 0.4) is 0 Å². The molecule has 30 heavy (non-hydrogen) atoms. The van der Waals surface area contributed by atoms with Gasteiger partial charge in [0.25, 0.3) is 0 Å². The fourth-order valence-corrected chi connectivity index (χ4v) is 3.69. The van der Waals surface area contributed by atoms with E-state index >= 15 is 0 Å². The van der Waals surface area contributed by atoms with E-state index in [1.54, 1.807) is 18.3 Å². The van der Waals surface area contributed by atoms with E-state index in [0.717, 1.165) is 17.9 Å². The summed E-state index contributed by atoms with van der Waals surface area (Å²) in [5.41, 5.74) is 1.01. The van der Waals surface area contributed by atoms with Crippen LogP contribution in [-0.4, -0.2) is 26.5 Å². The van der Waals surface area contributed by atoms with E-state index in [-0.39, 0.29) is 5.04 Å². The number of nitrogens with zero attached hydrogens (tertiary/aromatic N) is 1. The number of pyridine rings is 1. The van der Waals surface area contributed by atoms with Crippen molar-refractivity contribution in [3.8, 4) is 17.4 Å². The molecule has 1 atom stereocenters. The lowest BCUT2D eigenvalue weighted by Gasteiger charge is -2.36. The molecule has 0 amide bonds. The van der Waals surface area contributed by atoms with Crippen LogP contribution in [0.4, 0.5) is 0 Å². The number of benzene rings is 1. The van der Waals surface area contributed by atoms with Crippen LogP contribution in [0.25, 0.3) is 6.08 Å². The van der Waals surface area contributed by atoms with Gasteiger partial charge in [0, 0.05) is 24.9 Å². The lowest BCUT2D eigenvalue weighted by molar-refractivity contribution is 0.259. The molecule has 0 aliphatic rings. The molecular weight excluding hydrogens is 414 g/mol. The zero-order valence-corrected chi connectivity index (χ0v) is 20.9. The Bertz CT molecular complexity index is 845. The third kappa shape index (κ3) is 7.15. The van der Waals surface area contributed by atoms with Crippen LogP contribution in [0, 0.1) is 5.92 Å².